The summed E-state index contributed by atoms with van der Waals surface area (Å²) in [6.45, 7) is -0.486. The highest BCUT2D eigenvalue weighted by atomic mass is 32.2. The van der Waals surface area contributed by atoms with Crippen molar-refractivity contribution in [1.82, 2.24) is 18.7 Å². The number of amides is 1. The van der Waals surface area contributed by atoms with E-state index >= 15 is 0 Å². The minimum atomic E-state index is -3.34. The van der Waals surface area contributed by atoms with E-state index in [2.05, 4.69) is 10.3 Å². The topological polar surface area (TPSA) is 125 Å². The second-order valence-corrected chi connectivity index (χ2v) is 8.12. The molecular weight excluding hydrogens is 374 g/mol. The van der Waals surface area contributed by atoms with Gasteiger partial charge in [0.05, 0.1) is 11.2 Å². The van der Waals surface area contributed by atoms with E-state index in [-0.39, 0.29) is 16.1 Å². The Morgan fingerprint density at radius 2 is 1.78 bits per heavy atom. The molecule has 0 fully saturated rings. The fraction of sp³-hybridized carbons (Fsp3) is 0.250. The molecule has 11 heteroatoms. The van der Waals surface area contributed by atoms with Gasteiger partial charge in [0.25, 0.3) is 5.56 Å². The smallest absolute Gasteiger partial charge is 0.328 e. The molecule has 2 aromatic heterocycles. The third kappa shape index (κ3) is 3.40. The number of hydrogen-bond acceptors (Lipinski definition) is 6. The Morgan fingerprint density at radius 1 is 1.15 bits per heavy atom. The molecule has 1 amide bonds. The Balaban J connectivity index is 1.90. The minimum Gasteiger partial charge on any atom is -0.328 e. The lowest BCUT2D eigenvalue weighted by Crippen LogP contribution is -2.42. The molecule has 0 aliphatic rings. The SMILES string of the molecule is Cn1cnc2c1c(=O)n(CC(=O)Nc1ccc(S(C)(=O)=O)cc1)c(=O)n2C. The third-order valence-electron chi connectivity index (χ3n) is 4.07. The number of rotatable bonds is 4. The maximum atomic E-state index is 12.6. The molecule has 1 aromatic carbocycles. The van der Waals surface area contributed by atoms with Crippen LogP contribution in [0.25, 0.3) is 11.2 Å². The number of carbonyl (C=O) groups is 1. The van der Waals surface area contributed by atoms with Gasteiger partial charge in [0, 0.05) is 26.0 Å². The van der Waals surface area contributed by atoms with Crippen molar-refractivity contribution in [3.63, 3.8) is 0 Å². The maximum Gasteiger partial charge on any atom is 0.332 e. The van der Waals surface area contributed by atoms with E-state index in [0.717, 1.165) is 10.8 Å². The largest absolute Gasteiger partial charge is 0.332 e. The summed E-state index contributed by atoms with van der Waals surface area (Å²) < 4.78 is 26.4. The normalized spacial score (nSPS) is 11.7. The quantitative estimate of drug-likeness (QED) is 0.638. The summed E-state index contributed by atoms with van der Waals surface area (Å²) in [6, 6.07) is 5.58. The molecule has 27 heavy (non-hydrogen) atoms. The first kappa shape index (κ1) is 18.6. The highest BCUT2D eigenvalue weighted by molar-refractivity contribution is 7.90. The van der Waals surface area contributed by atoms with Crippen molar-refractivity contribution in [2.75, 3.05) is 11.6 Å². The molecule has 0 saturated carbocycles. The summed E-state index contributed by atoms with van der Waals surface area (Å²) in [5, 5.41) is 2.54. The van der Waals surface area contributed by atoms with Crippen LogP contribution in [0, 0.1) is 0 Å². The number of hydrogen-bond donors (Lipinski definition) is 1. The Hall–Kier alpha value is -3.21. The van der Waals surface area contributed by atoms with Crippen LogP contribution in [0.2, 0.25) is 0 Å². The van der Waals surface area contributed by atoms with Crippen LogP contribution in [0.5, 0.6) is 0 Å². The van der Waals surface area contributed by atoms with E-state index in [0.29, 0.717) is 5.69 Å². The molecule has 1 N–H and O–H groups in total. The van der Waals surface area contributed by atoms with Gasteiger partial charge in [-0.2, -0.15) is 0 Å². The average Bonchev–Trinajstić information content (AvgIpc) is 2.98. The number of carbonyl (C=O) groups excluding carboxylic acids is 1. The Labute approximate surface area is 153 Å². The Morgan fingerprint density at radius 3 is 2.37 bits per heavy atom. The summed E-state index contributed by atoms with van der Waals surface area (Å²) in [5.74, 6) is -0.595. The van der Waals surface area contributed by atoms with E-state index in [9.17, 15) is 22.8 Å². The van der Waals surface area contributed by atoms with Crippen LogP contribution in [0.15, 0.2) is 45.1 Å². The summed E-state index contributed by atoms with van der Waals surface area (Å²) in [7, 11) is -0.255. The second-order valence-electron chi connectivity index (χ2n) is 6.11. The summed E-state index contributed by atoms with van der Waals surface area (Å²) in [4.78, 5) is 41.4. The van der Waals surface area contributed by atoms with Gasteiger partial charge in [-0.3, -0.25) is 14.2 Å². The third-order valence-corrected chi connectivity index (χ3v) is 5.20. The highest BCUT2D eigenvalue weighted by Gasteiger charge is 2.17. The van der Waals surface area contributed by atoms with Gasteiger partial charge in [0.15, 0.2) is 21.0 Å². The van der Waals surface area contributed by atoms with Crippen molar-refractivity contribution < 1.29 is 13.2 Å². The molecule has 142 valence electrons. The maximum absolute atomic E-state index is 12.6. The number of nitrogens with one attached hydrogen (secondary N) is 1. The van der Waals surface area contributed by atoms with E-state index in [1.54, 1.807) is 7.05 Å². The first-order valence-electron chi connectivity index (χ1n) is 7.80. The molecule has 10 nitrogen and oxygen atoms in total. The zero-order valence-electron chi connectivity index (χ0n) is 14.8. The molecule has 0 unspecified atom stereocenters. The first-order valence-corrected chi connectivity index (χ1v) is 9.69. The van der Waals surface area contributed by atoms with Crippen LogP contribution < -0.4 is 16.6 Å². The predicted octanol–water partition coefficient (Wildman–Crippen LogP) is -0.524. The molecule has 0 aliphatic heterocycles. The number of aryl methyl sites for hydroxylation is 2. The standard InChI is InChI=1S/C16H17N5O5S/c1-19-9-17-14-13(19)15(23)21(16(24)20(14)2)8-12(22)18-10-4-6-11(7-5-10)27(3,25)26/h4-7,9H,8H2,1-3H3,(H,18,22). The lowest BCUT2D eigenvalue weighted by atomic mass is 10.3. The predicted molar refractivity (Wildman–Crippen MR) is 98.4 cm³/mol. The molecular formula is C16H17N5O5S. The average molecular weight is 391 g/mol. The number of sulfone groups is 1. The number of fused-ring (bicyclic) bond motifs is 1. The van der Waals surface area contributed by atoms with Crippen LogP contribution in [-0.2, 0) is 35.3 Å². The van der Waals surface area contributed by atoms with Gasteiger partial charge in [-0.25, -0.2) is 22.8 Å². The first-order chi connectivity index (χ1) is 12.6. The molecule has 0 saturated heterocycles. The molecule has 0 bridgehead atoms. The van der Waals surface area contributed by atoms with Crippen LogP contribution in [0.3, 0.4) is 0 Å². The second kappa shape index (κ2) is 6.50. The fourth-order valence-electron chi connectivity index (χ4n) is 2.67. The van der Waals surface area contributed by atoms with E-state index in [1.165, 1.54) is 46.8 Å². The number of anilines is 1. The van der Waals surface area contributed by atoms with Crippen LogP contribution in [0.1, 0.15) is 0 Å². The number of nitrogens with zero attached hydrogens (tertiary/aromatic N) is 4. The Bertz CT molecular complexity index is 1270. The van der Waals surface area contributed by atoms with E-state index < -0.39 is 33.5 Å². The number of aromatic nitrogens is 4. The molecule has 3 aromatic rings. The summed E-state index contributed by atoms with van der Waals surface area (Å²) in [6.07, 6.45) is 2.50. The molecule has 2 heterocycles. The van der Waals surface area contributed by atoms with E-state index in [1.807, 2.05) is 0 Å². The number of benzene rings is 1. The molecule has 0 atom stereocenters. The van der Waals surface area contributed by atoms with Crippen molar-refractivity contribution >= 4 is 32.6 Å². The van der Waals surface area contributed by atoms with Gasteiger partial charge >= 0.3 is 5.69 Å². The molecule has 0 radical (unpaired) electrons. The Kier molecular flexibility index (Phi) is 4.47. The van der Waals surface area contributed by atoms with Crippen molar-refractivity contribution in [3.05, 3.63) is 51.4 Å². The van der Waals surface area contributed by atoms with Crippen LogP contribution in [-0.4, -0.2) is 39.3 Å². The zero-order valence-corrected chi connectivity index (χ0v) is 15.6. The van der Waals surface area contributed by atoms with Gasteiger partial charge in [-0.15, -0.1) is 0 Å². The minimum absolute atomic E-state index is 0.118. The molecule has 0 spiro atoms. The summed E-state index contributed by atoms with van der Waals surface area (Å²) >= 11 is 0. The van der Waals surface area contributed by atoms with Crippen molar-refractivity contribution in [2.45, 2.75) is 11.4 Å². The summed E-state index contributed by atoms with van der Waals surface area (Å²) in [5.41, 5.74) is -0.480. The van der Waals surface area contributed by atoms with E-state index in [4.69, 9.17) is 0 Å². The molecule has 0 aliphatic carbocycles. The monoisotopic (exact) mass is 391 g/mol. The fourth-order valence-corrected chi connectivity index (χ4v) is 3.30. The van der Waals surface area contributed by atoms with Gasteiger partial charge < -0.3 is 9.88 Å². The number of imidazole rings is 1. The van der Waals surface area contributed by atoms with Gasteiger partial charge in [-0.1, -0.05) is 0 Å². The van der Waals surface area contributed by atoms with Gasteiger partial charge in [-0.05, 0) is 24.3 Å². The lowest BCUT2D eigenvalue weighted by Gasteiger charge is -2.09. The molecule has 3 rings (SSSR count). The van der Waals surface area contributed by atoms with Crippen molar-refractivity contribution in [3.8, 4) is 0 Å². The van der Waals surface area contributed by atoms with Gasteiger partial charge in [0.1, 0.15) is 6.54 Å². The lowest BCUT2D eigenvalue weighted by molar-refractivity contribution is -0.116. The van der Waals surface area contributed by atoms with Crippen LogP contribution >= 0.6 is 0 Å². The zero-order chi connectivity index (χ0) is 19.9. The van der Waals surface area contributed by atoms with Crippen molar-refractivity contribution in [1.29, 1.82) is 0 Å². The highest BCUT2D eigenvalue weighted by Crippen LogP contribution is 2.13. The van der Waals surface area contributed by atoms with Gasteiger partial charge in [0.2, 0.25) is 5.91 Å². The van der Waals surface area contributed by atoms with Crippen LogP contribution in [0.4, 0.5) is 5.69 Å². The van der Waals surface area contributed by atoms with Crippen molar-refractivity contribution in [2.24, 2.45) is 14.1 Å².